The van der Waals surface area contributed by atoms with Gasteiger partial charge in [0.2, 0.25) is 0 Å². The Bertz CT molecular complexity index is 639. The van der Waals surface area contributed by atoms with E-state index in [-0.39, 0.29) is 0 Å². The van der Waals surface area contributed by atoms with Crippen LogP contribution in [0.2, 0.25) is 5.15 Å². The molecule has 0 bridgehead atoms. The lowest BCUT2D eigenvalue weighted by Gasteiger charge is -2.11. The summed E-state index contributed by atoms with van der Waals surface area (Å²) in [6.45, 7) is 4.04. The topological polar surface area (TPSA) is 37.8 Å². The molecule has 0 radical (unpaired) electrons. The molecule has 1 N–H and O–H groups in total. The summed E-state index contributed by atoms with van der Waals surface area (Å²) < 4.78 is 37.4. The molecule has 1 heterocycles. The summed E-state index contributed by atoms with van der Waals surface area (Å²) in [5.74, 6) is 0.566. The zero-order chi connectivity index (χ0) is 15.6. The molecule has 112 valence electrons. The third-order valence-corrected chi connectivity index (χ3v) is 3.57. The molecule has 0 atom stereocenters. The van der Waals surface area contributed by atoms with Crippen LogP contribution in [0.25, 0.3) is 0 Å². The quantitative estimate of drug-likeness (QED) is 0.913. The van der Waals surface area contributed by atoms with E-state index in [1.54, 1.807) is 0 Å². The number of anilines is 1. The highest BCUT2D eigenvalue weighted by Crippen LogP contribution is 2.29. The van der Waals surface area contributed by atoms with Crippen molar-refractivity contribution in [1.82, 2.24) is 10.2 Å². The minimum atomic E-state index is -4.32. The second-order valence-corrected chi connectivity index (χ2v) is 5.00. The van der Waals surface area contributed by atoms with Crippen molar-refractivity contribution in [3.05, 3.63) is 51.7 Å². The van der Waals surface area contributed by atoms with E-state index in [0.717, 1.165) is 28.8 Å². The predicted molar refractivity (Wildman–Crippen MR) is 75.3 cm³/mol. The molecule has 0 amide bonds. The van der Waals surface area contributed by atoms with Crippen molar-refractivity contribution < 1.29 is 13.2 Å². The maximum atomic E-state index is 12.5. The molecule has 0 aliphatic heterocycles. The van der Waals surface area contributed by atoms with Gasteiger partial charge < -0.3 is 5.32 Å². The molecule has 0 spiro atoms. The second kappa shape index (κ2) is 5.89. The van der Waals surface area contributed by atoms with E-state index >= 15 is 0 Å². The van der Waals surface area contributed by atoms with Crippen molar-refractivity contribution in [3.63, 3.8) is 0 Å². The van der Waals surface area contributed by atoms with Gasteiger partial charge >= 0.3 is 6.18 Å². The fourth-order valence-electron chi connectivity index (χ4n) is 1.74. The number of nitrogens with zero attached hydrogens (tertiary/aromatic N) is 2. The van der Waals surface area contributed by atoms with Crippen LogP contribution < -0.4 is 5.32 Å². The Morgan fingerprint density at radius 3 is 2.24 bits per heavy atom. The van der Waals surface area contributed by atoms with Crippen molar-refractivity contribution in [1.29, 1.82) is 0 Å². The first-order valence-electron chi connectivity index (χ1n) is 6.18. The van der Waals surface area contributed by atoms with Gasteiger partial charge in [-0.1, -0.05) is 23.7 Å². The second-order valence-electron chi connectivity index (χ2n) is 4.64. The summed E-state index contributed by atoms with van der Waals surface area (Å²) in [6.07, 6.45) is -4.32. The van der Waals surface area contributed by atoms with Crippen LogP contribution in [0.15, 0.2) is 24.3 Å². The van der Waals surface area contributed by atoms with Crippen LogP contribution in [0.1, 0.15) is 22.3 Å². The van der Waals surface area contributed by atoms with Gasteiger partial charge in [-0.25, -0.2) is 0 Å². The number of rotatable bonds is 3. The average Bonchev–Trinajstić information content (AvgIpc) is 2.43. The number of nitrogens with one attached hydrogen (secondary N) is 1. The molecule has 0 fully saturated rings. The summed E-state index contributed by atoms with van der Waals surface area (Å²) in [5, 5.41) is 11.1. The van der Waals surface area contributed by atoms with E-state index in [1.165, 1.54) is 12.1 Å². The standard InChI is InChI=1S/C14H13ClF3N3/c1-8-9(2)13(21-20-12(8)15)19-7-10-3-5-11(6-4-10)14(16,17)18/h3-6H,7H2,1-2H3,(H,19,21). The van der Waals surface area contributed by atoms with Gasteiger partial charge in [-0.15, -0.1) is 10.2 Å². The Morgan fingerprint density at radius 1 is 1.05 bits per heavy atom. The fourth-order valence-corrected chi connectivity index (χ4v) is 1.92. The highest BCUT2D eigenvalue weighted by Gasteiger charge is 2.29. The first kappa shape index (κ1) is 15.6. The average molecular weight is 316 g/mol. The monoisotopic (exact) mass is 315 g/mol. The van der Waals surface area contributed by atoms with Crippen LogP contribution in [0.4, 0.5) is 19.0 Å². The molecule has 0 aliphatic carbocycles. The Kier molecular flexibility index (Phi) is 4.37. The van der Waals surface area contributed by atoms with Gasteiger partial charge in [-0.2, -0.15) is 13.2 Å². The largest absolute Gasteiger partial charge is 0.416 e. The summed E-state index contributed by atoms with van der Waals surface area (Å²) in [5.41, 5.74) is 1.74. The number of aromatic nitrogens is 2. The molecule has 0 saturated carbocycles. The maximum Gasteiger partial charge on any atom is 0.416 e. The van der Waals surface area contributed by atoms with Crippen molar-refractivity contribution in [2.75, 3.05) is 5.32 Å². The molecular weight excluding hydrogens is 303 g/mol. The molecule has 1 aromatic carbocycles. The minimum Gasteiger partial charge on any atom is -0.364 e. The van der Waals surface area contributed by atoms with E-state index in [9.17, 15) is 13.2 Å². The van der Waals surface area contributed by atoms with Gasteiger partial charge in [0.15, 0.2) is 11.0 Å². The fraction of sp³-hybridized carbons (Fsp3) is 0.286. The third-order valence-electron chi connectivity index (χ3n) is 3.21. The normalized spacial score (nSPS) is 11.5. The van der Waals surface area contributed by atoms with Gasteiger partial charge in [-0.05, 0) is 42.7 Å². The lowest BCUT2D eigenvalue weighted by molar-refractivity contribution is -0.137. The molecule has 2 rings (SSSR count). The van der Waals surface area contributed by atoms with Crippen molar-refractivity contribution in [2.24, 2.45) is 0 Å². The SMILES string of the molecule is Cc1c(Cl)nnc(NCc2ccc(C(F)(F)F)cc2)c1C. The summed E-state index contributed by atoms with van der Waals surface area (Å²) in [4.78, 5) is 0. The Morgan fingerprint density at radius 2 is 1.67 bits per heavy atom. The Hall–Kier alpha value is -1.82. The van der Waals surface area contributed by atoms with E-state index in [2.05, 4.69) is 15.5 Å². The number of halogens is 4. The zero-order valence-electron chi connectivity index (χ0n) is 11.4. The van der Waals surface area contributed by atoms with Gasteiger partial charge in [-0.3, -0.25) is 0 Å². The van der Waals surface area contributed by atoms with Crippen LogP contribution in [0.3, 0.4) is 0 Å². The van der Waals surface area contributed by atoms with Crippen LogP contribution in [0, 0.1) is 13.8 Å². The van der Waals surface area contributed by atoms with Gasteiger partial charge in [0.25, 0.3) is 0 Å². The van der Waals surface area contributed by atoms with E-state index < -0.39 is 11.7 Å². The molecular formula is C14H13ClF3N3. The Balaban J connectivity index is 2.09. The lowest BCUT2D eigenvalue weighted by atomic mass is 10.1. The van der Waals surface area contributed by atoms with E-state index in [0.29, 0.717) is 17.5 Å². The van der Waals surface area contributed by atoms with E-state index in [1.807, 2.05) is 13.8 Å². The highest BCUT2D eigenvalue weighted by atomic mass is 35.5. The van der Waals surface area contributed by atoms with Crippen molar-refractivity contribution in [3.8, 4) is 0 Å². The molecule has 2 aromatic rings. The number of alkyl halides is 3. The number of benzene rings is 1. The molecule has 0 aliphatic rings. The van der Waals surface area contributed by atoms with Crippen LogP contribution in [-0.2, 0) is 12.7 Å². The molecule has 1 aromatic heterocycles. The predicted octanol–water partition coefficient (Wildman–Crippen LogP) is 4.38. The lowest BCUT2D eigenvalue weighted by Crippen LogP contribution is -2.07. The molecule has 3 nitrogen and oxygen atoms in total. The van der Waals surface area contributed by atoms with Crippen LogP contribution >= 0.6 is 11.6 Å². The minimum absolute atomic E-state index is 0.340. The molecule has 21 heavy (non-hydrogen) atoms. The summed E-state index contributed by atoms with van der Waals surface area (Å²) in [7, 11) is 0. The summed E-state index contributed by atoms with van der Waals surface area (Å²) in [6, 6.07) is 4.98. The molecule has 0 unspecified atom stereocenters. The van der Waals surface area contributed by atoms with Crippen molar-refractivity contribution >= 4 is 17.4 Å². The zero-order valence-corrected chi connectivity index (χ0v) is 12.2. The van der Waals surface area contributed by atoms with Crippen molar-refractivity contribution in [2.45, 2.75) is 26.6 Å². The summed E-state index contributed by atoms with van der Waals surface area (Å²) >= 11 is 5.86. The number of hydrogen-bond acceptors (Lipinski definition) is 3. The highest BCUT2D eigenvalue weighted by molar-refractivity contribution is 6.30. The third kappa shape index (κ3) is 3.64. The van der Waals surface area contributed by atoms with Gasteiger partial charge in [0, 0.05) is 6.54 Å². The maximum absolute atomic E-state index is 12.5. The molecule has 7 heteroatoms. The Labute approximate surface area is 125 Å². The smallest absolute Gasteiger partial charge is 0.364 e. The first-order chi connectivity index (χ1) is 9.79. The van der Waals surface area contributed by atoms with Gasteiger partial charge in [0.05, 0.1) is 5.56 Å². The van der Waals surface area contributed by atoms with Crippen LogP contribution in [-0.4, -0.2) is 10.2 Å². The number of hydrogen-bond donors (Lipinski definition) is 1. The first-order valence-corrected chi connectivity index (χ1v) is 6.56. The van der Waals surface area contributed by atoms with Gasteiger partial charge in [0.1, 0.15) is 0 Å². The molecule has 0 saturated heterocycles. The van der Waals surface area contributed by atoms with Crippen LogP contribution in [0.5, 0.6) is 0 Å². The van der Waals surface area contributed by atoms with E-state index in [4.69, 9.17) is 11.6 Å².